The number of hydrogen-bond acceptors (Lipinski definition) is 4. The van der Waals surface area contributed by atoms with Gasteiger partial charge >= 0.3 is 0 Å². The van der Waals surface area contributed by atoms with E-state index in [1.165, 1.54) is 5.56 Å². The molecule has 0 radical (unpaired) electrons. The van der Waals surface area contributed by atoms with Crippen molar-refractivity contribution in [2.24, 2.45) is 0 Å². The van der Waals surface area contributed by atoms with Gasteiger partial charge in [-0.25, -0.2) is 0 Å². The summed E-state index contributed by atoms with van der Waals surface area (Å²) in [6.07, 6.45) is 1.02. The second kappa shape index (κ2) is 6.06. The third-order valence-electron chi connectivity index (χ3n) is 3.72. The Morgan fingerprint density at radius 2 is 1.75 bits per heavy atom. The lowest BCUT2D eigenvalue weighted by Crippen LogP contribution is -2.50. The summed E-state index contributed by atoms with van der Waals surface area (Å²) in [5.74, 6) is 1.32. The zero-order valence-corrected chi connectivity index (χ0v) is 13.1. The Balaban J connectivity index is 2.03. The molecule has 20 heavy (non-hydrogen) atoms. The van der Waals surface area contributed by atoms with Crippen LogP contribution < -0.4 is 10.9 Å². The molecule has 1 aliphatic heterocycles. The highest BCUT2D eigenvalue weighted by atomic mass is 32.2. The van der Waals surface area contributed by atoms with Crippen LogP contribution in [-0.4, -0.2) is 28.1 Å². The lowest BCUT2D eigenvalue weighted by atomic mass is 9.96. The van der Waals surface area contributed by atoms with E-state index in [1.54, 1.807) is 11.8 Å². The van der Waals surface area contributed by atoms with Gasteiger partial charge in [-0.05, 0) is 56.2 Å². The van der Waals surface area contributed by atoms with E-state index in [-0.39, 0.29) is 5.91 Å². The lowest BCUT2D eigenvalue weighted by molar-refractivity contribution is -0.139. The Morgan fingerprint density at radius 3 is 2.30 bits per heavy atom. The monoisotopic (exact) mass is 294 g/mol. The van der Waals surface area contributed by atoms with Crippen molar-refractivity contribution in [1.82, 2.24) is 5.43 Å². The van der Waals surface area contributed by atoms with Gasteiger partial charge in [0.2, 0.25) is 0 Å². The molecule has 110 valence electrons. The van der Waals surface area contributed by atoms with Crippen LogP contribution in [-0.2, 0) is 4.79 Å². The van der Waals surface area contributed by atoms with Crippen molar-refractivity contribution in [1.29, 1.82) is 0 Å². The number of carbonyl (C=O) groups is 1. The zero-order valence-electron chi connectivity index (χ0n) is 12.2. The quantitative estimate of drug-likeness (QED) is 0.749. The minimum absolute atomic E-state index is 0.336. The Morgan fingerprint density at radius 1 is 1.20 bits per heavy atom. The van der Waals surface area contributed by atoms with E-state index in [2.05, 4.69) is 23.0 Å². The molecule has 1 heterocycles. The van der Waals surface area contributed by atoms with Gasteiger partial charge in [0.1, 0.15) is 5.60 Å². The van der Waals surface area contributed by atoms with Crippen molar-refractivity contribution < 1.29 is 9.90 Å². The van der Waals surface area contributed by atoms with Gasteiger partial charge in [0.25, 0.3) is 5.91 Å². The van der Waals surface area contributed by atoms with Gasteiger partial charge in [-0.1, -0.05) is 17.7 Å². The van der Waals surface area contributed by atoms with Crippen molar-refractivity contribution in [3.8, 4) is 0 Å². The first kappa shape index (κ1) is 15.2. The van der Waals surface area contributed by atoms with E-state index in [0.29, 0.717) is 12.8 Å². The molecule has 1 aromatic carbocycles. The molecule has 0 unspecified atom stereocenters. The number of nitrogens with one attached hydrogen (secondary N) is 2. The molecule has 0 atom stereocenters. The van der Waals surface area contributed by atoms with Crippen molar-refractivity contribution in [2.45, 2.75) is 39.2 Å². The minimum atomic E-state index is -1.23. The van der Waals surface area contributed by atoms with Crippen LogP contribution in [0.4, 0.5) is 5.69 Å². The first-order valence-corrected chi connectivity index (χ1v) is 8.02. The third kappa shape index (κ3) is 3.27. The molecule has 1 aliphatic rings. The number of anilines is 1. The molecule has 0 saturated carbocycles. The highest BCUT2D eigenvalue weighted by molar-refractivity contribution is 7.99. The van der Waals surface area contributed by atoms with Crippen LogP contribution in [0.5, 0.6) is 0 Å². The average Bonchev–Trinajstić information content (AvgIpc) is 2.38. The molecule has 5 heteroatoms. The van der Waals surface area contributed by atoms with E-state index < -0.39 is 5.60 Å². The van der Waals surface area contributed by atoms with Gasteiger partial charge in [-0.15, -0.1) is 0 Å². The van der Waals surface area contributed by atoms with Gasteiger partial charge in [0, 0.05) is 0 Å². The molecule has 1 amide bonds. The standard InChI is InChI=1S/C15H22N2O2S/c1-10-8-11(2)13(12(3)9-10)16-17-14(18)15(19)4-6-20-7-5-15/h8-9,16,19H,4-7H2,1-3H3,(H,17,18). The summed E-state index contributed by atoms with van der Waals surface area (Å²) in [5.41, 5.74) is 8.65. The van der Waals surface area contributed by atoms with Gasteiger partial charge < -0.3 is 5.11 Å². The molecule has 1 aromatic rings. The summed E-state index contributed by atoms with van der Waals surface area (Å²) in [4.78, 5) is 12.1. The maximum absolute atomic E-state index is 12.1. The number of aryl methyl sites for hydroxylation is 3. The second-order valence-corrected chi connectivity index (χ2v) is 6.72. The fourth-order valence-corrected chi connectivity index (χ4v) is 3.72. The normalized spacial score (nSPS) is 17.6. The van der Waals surface area contributed by atoms with E-state index in [1.807, 2.05) is 20.8 Å². The zero-order chi connectivity index (χ0) is 14.8. The van der Waals surface area contributed by atoms with Crippen LogP contribution in [0.15, 0.2) is 12.1 Å². The molecule has 3 N–H and O–H groups in total. The Labute approximate surface area is 124 Å². The van der Waals surface area contributed by atoms with Gasteiger partial charge in [0.15, 0.2) is 0 Å². The summed E-state index contributed by atoms with van der Waals surface area (Å²) >= 11 is 1.78. The van der Waals surface area contributed by atoms with Gasteiger partial charge in [0.05, 0.1) is 5.69 Å². The van der Waals surface area contributed by atoms with Crippen LogP contribution in [0.25, 0.3) is 0 Å². The molecule has 0 bridgehead atoms. The molecule has 2 rings (SSSR count). The van der Waals surface area contributed by atoms with Gasteiger partial charge in [-0.3, -0.25) is 15.6 Å². The van der Waals surface area contributed by atoms with Crippen LogP contribution >= 0.6 is 11.8 Å². The Hall–Kier alpha value is -1.20. The fraction of sp³-hybridized carbons (Fsp3) is 0.533. The van der Waals surface area contributed by atoms with E-state index in [4.69, 9.17) is 0 Å². The Kier molecular flexibility index (Phi) is 4.60. The molecule has 1 saturated heterocycles. The third-order valence-corrected chi connectivity index (χ3v) is 4.71. The molecular weight excluding hydrogens is 272 g/mol. The van der Waals surface area contributed by atoms with Crippen LogP contribution in [0.1, 0.15) is 29.5 Å². The van der Waals surface area contributed by atoms with Crippen molar-refractivity contribution in [3.05, 3.63) is 28.8 Å². The Bertz CT molecular complexity index is 488. The number of carbonyl (C=O) groups excluding carboxylic acids is 1. The van der Waals surface area contributed by atoms with Crippen molar-refractivity contribution in [2.75, 3.05) is 16.9 Å². The van der Waals surface area contributed by atoms with Crippen molar-refractivity contribution in [3.63, 3.8) is 0 Å². The predicted molar refractivity (Wildman–Crippen MR) is 83.9 cm³/mol. The maximum atomic E-state index is 12.1. The van der Waals surface area contributed by atoms with E-state index in [0.717, 1.165) is 28.3 Å². The highest BCUT2D eigenvalue weighted by Gasteiger charge is 2.37. The topological polar surface area (TPSA) is 61.4 Å². The SMILES string of the molecule is Cc1cc(C)c(NNC(=O)C2(O)CCSCC2)c(C)c1. The number of amides is 1. The molecule has 4 nitrogen and oxygen atoms in total. The first-order chi connectivity index (χ1) is 9.42. The number of hydrogen-bond donors (Lipinski definition) is 3. The summed E-state index contributed by atoms with van der Waals surface area (Å²) in [6, 6.07) is 4.13. The predicted octanol–water partition coefficient (Wildman–Crippen LogP) is 2.31. The summed E-state index contributed by atoms with van der Waals surface area (Å²) in [5, 5.41) is 10.3. The summed E-state index contributed by atoms with van der Waals surface area (Å²) in [7, 11) is 0. The van der Waals surface area contributed by atoms with Crippen LogP contribution in [0, 0.1) is 20.8 Å². The number of benzene rings is 1. The first-order valence-electron chi connectivity index (χ1n) is 6.87. The molecule has 0 aliphatic carbocycles. The molecule has 0 spiro atoms. The van der Waals surface area contributed by atoms with Crippen LogP contribution in [0.3, 0.4) is 0 Å². The van der Waals surface area contributed by atoms with Gasteiger partial charge in [-0.2, -0.15) is 11.8 Å². The largest absolute Gasteiger partial charge is 0.380 e. The molecule has 1 fully saturated rings. The smallest absolute Gasteiger partial charge is 0.270 e. The fourth-order valence-electron chi connectivity index (χ4n) is 2.55. The maximum Gasteiger partial charge on any atom is 0.270 e. The lowest BCUT2D eigenvalue weighted by Gasteiger charge is -2.30. The number of thioether (sulfide) groups is 1. The van der Waals surface area contributed by atoms with E-state index >= 15 is 0 Å². The number of rotatable bonds is 3. The highest BCUT2D eigenvalue weighted by Crippen LogP contribution is 2.27. The number of hydrazine groups is 1. The molecular formula is C15H22N2O2S. The van der Waals surface area contributed by atoms with E-state index in [9.17, 15) is 9.90 Å². The average molecular weight is 294 g/mol. The van der Waals surface area contributed by atoms with Crippen molar-refractivity contribution >= 4 is 23.4 Å². The van der Waals surface area contributed by atoms with Crippen LogP contribution in [0.2, 0.25) is 0 Å². The summed E-state index contributed by atoms with van der Waals surface area (Å²) in [6.45, 7) is 6.05. The minimum Gasteiger partial charge on any atom is -0.380 e. The molecule has 0 aromatic heterocycles. The second-order valence-electron chi connectivity index (χ2n) is 5.50. The summed E-state index contributed by atoms with van der Waals surface area (Å²) < 4.78 is 0. The number of aliphatic hydroxyl groups is 1.